The van der Waals surface area contributed by atoms with Crippen molar-refractivity contribution in [3.8, 4) is 22.8 Å². The quantitative estimate of drug-likeness (QED) is 0.317. The van der Waals surface area contributed by atoms with Crippen LogP contribution in [0.1, 0.15) is 51.9 Å². The molecule has 210 valence electrons. The zero-order valence-corrected chi connectivity index (χ0v) is 23.8. The SMILES string of the molecule is CC1CCC(Cn2c(N3CCO[C@@H]4CCC[C@H]43)nc3c(Cl)c(-c4noc(=O)[nH]4)nc(-c4cncc(Cl)c4)c32)CC1. The molecule has 3 aliphatic rings. The van der Waals surface area contributed by atoms with E-state index in [2.05, 4.69) is 31.5 Å². The van der Waals surface area contributed by atoms with Crippen LogP contribution < -0.4 is 10.7 Å². The summed E-state index contributed by atoms with van der Waals surface area (Å²) in [5, 5.41) is 4.68. The van der Waals surface area contributed by atoms with Crippen molar-refractivity contribution in [3.05, 3.63) is 39.1 Å². The van der Waals surface area contributed by atoms with Crippen molar-refractivity contribution in [1.29, 1.82) is 0 Å². The molecular weight excluding hydrogens is 553 g/mol. The lowest BCUT2D eigenvalue weighted by molar-refractivity contribution is 0.0247. The van der Waals surface area contributed by atoms with Gasteiger partial charge in [0.2, 0.25) is 11.8 Å². The molecule has 7 rings (SSSR count). The van der Waals surface area contributed by atoms with Gasteiger partial charge in [0.25, 0.3) is 0 Å². The van der Waals surface area contributed by atoms with Gasteiger partial charge in [-0.05, 0) is 50.0 Å². The molecule has 0 bridgehead atoms. The molecule has 2 saturated carbocycles. The number of aromatic nitrogens is 6. The predicted molar refractivity (Wildman–Crippen MR) is 153 cm³/mol. The molecule has 40 heavy (non-hydrogen) atoms. The third kappa shape index (κ3) is 4.59. The summed E-state index contributed by atoms with van der Waals surface area (Å²) in [5.74, 6) is 1.62. The average Bonchev–Trinajstić information content (AvgIpc) is 3.69. The third-order valence-corrected chi connectivity index (χ3v) is 9.33. The summed E-state index contributed by atoms with van der Waals surface area (Å²) in [6.07, 6.45) is 11.6. The van der Waals surface area contributed by atoms with Crippen LogP contribution in [0.5, 0.6) is 0 Å². The largest absolute Gasteiger partial charge is 0.439 e. The molecule has 12 heteroatoms. The minimum Gasteiger partial charge on any atom is -0.374 e. The number of anilines is 1. The van der Waals surface area contributed by atoms with Gasteiger partial charge in [0.05, 0.1) is 40.0 Å². The Morgan fingerprint density at radius 2 is 1.93 bits per heavy atom. The second-order valence-corrected chi connectivity index (χ2v) is 12.2. The normalized spacial score (nSPS) is 25.0. The van der Waals surface area contributed by atoms with Gasteiger partial charge in [-0.1, -0.05) is 48.1 Å². The van der Waals surface area contributed by atoms with Crippen molar-refractivity contribution in [2.45, 2.75) is 70.6 Å². The Morgan fingerprint density at radius 3 is 2.70 bits per heavy atom. The molecule has 1 aliphatic heterocycles. The fourth-order valence-corrected chi connectivity index (χ4v) is 7.17. The van der Waals surface area contributed by atoms with Crippen LogP contribution in [-0.4, -0.2) is 55.0 Å². The Kier molecular flexibility index (Phi) is 6.80. The summed E-state index contributed by atoms with van der Waals surface area (Å²) in [6.45, 7) is 4.57. The Bertz CT molecular complexity index is 1610. The number of H-pyrrole nitrogens is 1. The van der Waals surface area contributed by atoms with Gasteiger partial charge in [-0.15, -0.1) is 0 Å². The number of ether oxygens (including phenoxy) is 1. The van der Waals surface area contributed by atoms with Crippen LogP contribution in [0.25, 0.3) is 33.8 Å². The highest BCUT2D eigenvalue weighted by atomic mass is 35.5. The number of nitrogens with zero attached hydrogens (tertiary/aromatic N) is 6. The maximum Gasteiger partial charge on any atom is 0.439 e. The van der Waals surface area contributed by atoms with Crippen molar-refractivity contribution in [2.75, 3.05) is 18.1 Å². The molecule has 0 amide bonds. The lowest BCUT2D eigenvalue weighted by atomic mass is 9.83. The molecule has 3 fully saturated rings. The number of morpholine rings is 1. The number of imidazole rings is 1. The fraction of sp³-hybridized carbons (Fsp3) is 0.536. The second-order valence-electron chi connectivity index (χ2n) is 11.4. The first-order valence-corrected chi connectivity index (χ1v) is 14.9. The lowest BCUT2D eigenvalue weighted by Crippen LogP contribution is -2.49. The summed E-state index contributed by atoms with van der Waals surface area (Å²) in [7, 11) is 0. The lowest BCUT2D eigenvalue weighted by Gasteiger charge is -2.39. The van der Waals surface area contributed by atoms with Crippen molar-refractivity contribution in [2.24, 2.45) is 11.8 Å². The van der Waals surface area contributed by atoms with Gasteiger partial charge in [-0.3, -0.25) is 14.5 Å². The van der Waals surface area contributed by atoms with E-state index in [4.69, 9.17) is 42.4 Å². The van der Waals surface area contributed by atoms with E-state index in [9.17, 15) is 4.79 Å². The molecule has 5 heterocycles. The van der Waals surface area contributed by atoms with Gasteiger partial charge in [-0.25, -0.2) is 14.8 Å². The Balaban J connectivity index is 1.48. The summed E-state index contributed by atoms with van der Waals surface area (Å²) in [4.78, 5) is 31.4. The van der Waals surface area contributed by atoms with Crippen LogP contribution in [0, 0.1) is 11.8 Å². The first kappa shape index (κ1) is 26.0. The van der Waals surface area contributed by atoms with E-state index in [0.717, 1.165) is 55.3 Å². The van der Waals surface area contributed by atoms with Gasteiger partial charge in [-0.2, -0.15) is 0 Å². The molecule has 2 atom stereocenters. The van der Waals surface area contributed by atoms with Gasteiger partial charge in [0.15, 0.2) is 0 Å². The van der Waals surface area contributed by atoms with Crippen LogP contribution in [0.3, 0.4) is 0 Å². The topological polar surface area (TPSA) is 115 Å². The predicted octanol–water partition coefficient (Wildman–Crippen LogP) is 5.73. The van der Waals surface area contributed by atoms with Gasteiger partial charge in [0, 0.05) is 31.0 Å². The van der Waals surface area contributed by atoms with Crippen molar-refractivity contribution >= 4 is 40.2 Å². The number of pyridine rings is 2. The number of hydrogen-bond donors (Lipinski definition) is 1. The maximum absolute atomic E-state index is 11.8. The highest BCUT2D eigenvalue weighted by Crippen LogP contribution is 2.42. The van der Waals surface area contributed by atoms with Gasteiger partial charge >= 0.3 is 5.76 Å². The van der Waals surface area contributed by atoms with Crippen molar-refractivity contribution in [3.63, 3.8) is 0 Å². The van der Waals surface area contributed by atoms with E-state index in [1.807, 2.05) is 6.07 Å². The van der Waals surface area contributed by atoms with Gasteiger partial charge < -0.3 is 14.2 Å². The number of rotatable bonds is 5. The van der Waals surface area contributed by atoms with E-state index in [-0.39, 0.29) is 18.0 Å². The Hall–Kier alpha value is -2.95. The van der Waals surface area contributed by atoms with Crippen molar-refractivity contribution in [1.82, 2.24) is 29.7 Å². The first-order chi connectivity index (χ1) is 19.5. The zero-order valence-electron chi connectivity index (χ0n) is 22.3. The molecule has 0 unspecified atom stereocenters. The van der Waals surface area contributed by atoms with E-state index in [1.165, 1.54) is 25.7 Å². The average molecular weight is 585 g/mol. The third-order valence-electron chi connectivity index (χ3n) is 8.77. The molecular formula is C28H31Cl2N7O3. The van der Waals surface area contributed by atoms with Crippen LogP contribution in [-0.2, 0) is 11.3 Å². The Morgan fingerprint density at radius 1 is 1.07 bits per heavy atom. The molecule has 0 radical (unpaired) electrons. The highest BCUT2D eigenvalue weighted by molar-refractivity contribution is 6.37. The number of hydrogen-bond acceptors (Lipinski definition) is 8. The summed E-state index contributed by atoms with van der Waals surface area (Å²) in [5.41, 5.74) is 3.08. The number of nitrogens with one attached hydrogen (secondary N) is 1. The standard InChI is InChI=1S/C28H31Cl2N7O3/c1-15-5-7-16(8-6-15)14-37-25-22(17-11-18(29)13-31-12-17)32-24(26-34-28(38)40-35-26)21(30)23(25)33-27(37)36-9-10-39-20-4-2-3-19(20)36/h11-13,15-16,19-20H,2-10,14H2,1H3,(H,34,35,38)/t15?,16?,19-,20-/m1/s1. The van der Waals surface area contributed by atoms with Crippen LogP contribution in [0.2, 0.25) is 10.0 Å². The van der Waals surface area contributed by atoms with Crippen LogP contribution in [0.15, 0.2) is 27.8 Å². The molecule has 1 N–H and O–H groups in total. The minimum atomic E-state index is -0.683. The molecule has 0 spiro atoms. The van der Waals surface area contributed by atoms with Crippen molar-refractivity contribution < 1.29 is 9.26 Å². The zero-order chi connectivity index (χ0) is 27.4. The molecule has 0 aromatic carbocycles. The Labute approximate surface area is 241 Å². The number of aromatic amines is 1. The van der Waals surface area contributed by atoms with E-state index >= 15 is 0 Å². The molecule has 10 nitrogen and oxygen atoms in total. The van der Waals surface area contributed by atoms with Crippen LogP contribution >= 0.6 is 23.2 Å². The fourth-order valence-electron chi connectivity index (χ4n) is 6.73. The number of fused-ring (bicyclic) bond motifs is 2. The molecule has 4 aromatic rings. The summed E-state index contributed by atoms with van der Waals surface area (Å²) >= 11 is 13.4. The minimum absolute atomic E-state index is 0.146. The van der Waals surface area contributed by atoms with Gasteiger partial charge in [0.1, 0.15) is 11.2 Å². The summed E-state index contributed by atoms with van der Waals surface area (Å²) < 4.78 is 13.3. The maximum atomic E-state index is 11.8. The summed E-state index contributed by atoms with van der Waals surface area (Å²) in [6, 6.07) is 2.10. The van der Waals surface area contributed by atoms with E-state index < -0.39 is 5.76 Å². The second kappa shape index (κ2) is 10.5. The molecule has 4 aromatic heterocycles. The monoisotopic (exact) mass is 583 g/mol. The smallest absolute Gasteiger partial charge is 0.374 e. The molecule has 1 saturated heterocycles. The molecule has 2 aliphatic carbocycles. The van der Waals surface area contributed by atoms with Crippen LogP contribution in [0.4, 0.5) is 5.95 Å². The number of halogens is 2. The first-order valence-electron chi connectivity index (χ1n) is 14.1. The highest BCUT2D eigenvalue weighted by Gasteiger charge is 2.39. The van der Waals surface area contributed by atoms with E-state index in [0.29, 0.717) is 39.5 Å². The van der Waals surface area contributed by atoms with E-state index in [1.54, 1.807) is 12.4 Å².